The highest BCUT2D eigenvalue weighted by Gasteiger charge is 2.04. The standard InChI is InChI=1S/C15H18ClNO/c1-12(13-5-3-2-4-6-13)9-10-17-11-14-7-8-15(16)18-14/h2-8,12,17H,9-11H2,1H3. The van der Waals surface area contributed by atoms with Gasteiger partial charge in [0.1, 0.15) is 5.76 Å². The van der Waals surface area contributed by atoms with Crippen molar-refractivity contribution in [1.29, 1.82) is 0 Å². The molecule has 1 N–H and O–H groups in total. The number of rotatable bonds is 6. The summed E-state index contributed by atoms with van der Waals surface area (Å²) in [4.78, 5) is 0. The molecule has 0 bridgehead atoms. The number of nitrogens with one attached hydrogen (secondary N) is 1. The van der Waals surface area contributed by atoms with Gasteiger partial charge in [-0.2, -0.15) is 0 Å². The van der Waals surface area contributed by atoms with E-state index in [1.54, 1.807) is 6.07 Å². The topological polar surface area (TPSA) is 25.2 Å². The summed E-state index contributed by atoms with van der Waals surface area (Å²) in [7, 11) is 0. The fourth-order valence-electron chi connectivity index (χ4n) is 1.93. The van der Waals surface area contributed by atoms with Crippen LogP contribution in [0.4, 0.5) is 0 Å². The van der Waals surface area contributed by atoms with Gasteiger partial charge in [-0.3, -0.25) is 0 Å². The van der Waals surface area contributed by atoms with Crippen molar-refractivity contribution in [2.45, 2.75) is 25.8 Å². The largest absolute Gasteiger partial charge is 0.448 e. The van der Waals surface area contributed by atoms with Gasteiger partial charge in [0.15, 0.2) is 5.22 Å². The predicted molar refractivity (Wildman–Crippen MR) is 74.9 cm³/mol. The van der Waals surface area contributed by atoms with E-state index in [2.05, 4.69) is 42.6 Å². The molecule has 1 unspecified atom stereocenters. The van der Waals surface area contributed by atoms with Crippen molar-refractivity contribution in [3.63, 3.8) is 0 Å². The fraction of sp³-hybridized carbons (Fsp3) is 0.333. The molecular weight excluding hydrogens is 246 g/mol. The second kappa shape index (κ2) is 6.62. The van der Waals surface area contributed by atoms with Crippen LogP contribution < -0.4 is 5.32 Å². The lowest BCUT2D eigenvalue weighted by Gasteiger charge is -2.11. The van der Waals surface area contributed by atoms with E-state index >= 15 is 0 Å². The normalized spacial score (nSPS) is 12.6. The van der Waals surface area contributed by atoms with Crippen LogP contribution in [0.25, 0.3) is 0 Å². The van der Waals surface area contributed by atoms with Gasteiger partial charge >= 0.3 is 0 Å². The highest BCUT2D eigenvalue weighted by atomic mass is 35.5. The van der Waals surface area contributed by atoms with Crippen molar-refractivity contribution in [2.75, 3.05) is 6.54 Å². The zero-order valence-corrected chi connectivity index (χ0v) is 11.3. The maximum atomic E-state index is 5.71. The Labute approximate surface area is 113 Å². The lowest BCUT2D eigenvalue weighted by molar-refractivity contribution is 0.477. The highest BCUT2D eigenvalue weighted by Crippen LogP contribution is 2.17. The van der Waals surface area contributed by atoms with E-state index in [1.165, 1.54) is 5.56 Å². The van der Waals surface area contributed by atoms with E-state index in [-0.39, 0.29) is 0 Å². The molecule has 0 aliphatic carbocycles. The van der Waals surface area contributed by atoms with Gasteiger partial charge in [-0.25, -0.2) is 0 Å². The summed E-state index contributed by atoms with van der Waals surface area (Å²) in [5.74, 6) is 1.45. The van der Waals surface area contributed by atoms with Crippen LogP contribution in [0, 0.1) is 0 Å². The van der Waals surface area contributed by atoms with Gasteiger partial charge in [0.2, 0.25) is 0 Å². The summed E-state index contributed by atoms with van der Waals surface area (Å²) in [5.41, 5.74) is 1.39. The molecule has 0 saturated carbocycles. The molecule has 1 aromatic heterocycles. The molecule has 0 spiro atoms. The quantitative estimate of drug-likeness (QED) is 0.790. The summed E-state index contributed by atoms with van der Waals surface area (Å²) in [6.07, 6.45) is 1.11. The Hall–Kier alpha value is -1.25. The zero-order valence-electron chi connectivity index (χ0n) is 10.5. The minimum Gasteiger partial charge on any atom is -0.448 e. The molecule has 1 heterocycles. The van der Waals surface area contributed by atoms with Crippen molar-refractivity contribution in [3.8, 4) is 0 Å². The average Bonchev–Trinajstić information content (AvgIpc) is 2.81. The van der Waals surface area contributed by atoms with E-state index in [1.807, 2.05) is 6.07 Å². The molecule has 2 aromatic rings. The molecular formula is C15H18ClNO. The summed E-state index contributed by atoms with van der Waals surface area (Å²) in [6.45, 7) is 3.95. The molecule has 0 fully saturated rings. The molecule has 18 heavy (non-hydrogen) atoms. The minimum atomic E-state index is 0.449. The van der Waals surface area contributed by atoms with Gasteiger partial charge in [0.05, 0.1) is 6.54 Å². The highest BCUT2D eigenvalue weighted by molar-refractivity contribution is 6.28. The first kappa shape index (κ1) is 13.2. The SMILES string of the molecule is CC(CCNCc1ccc(Cl)o1)c1ccccc1. The van der Waals surface area contributed by atoms with Crippen LogP contribution >= 0.6 is 11.6 Å². The number of hydrogen-bond donors (Lipinski definition) is 1. The van der Waals surface area contributed by atoms with Crippen molar-refractivity contribution < 1.29 is 4.42 Å². The maximum absolute atomic E-state index is 5.71. The van der Waals surface area contributed by atoms with Crippen LogP contribution in [0.3, 0.4) is 0 Å². The first-order valence-electron chi connectivity index (χ1n) is 6.25. The Morgan fingerprint density at radius 3 is 2.61 bits per heavy atom. The molecule has 3 heteroatoms. The van der Waals surface area contributed by atoms with Crippen LogP contribution in [0.1, 0.15) is 30.6 Å². The molecule has 2 rings (SSSR count). The van der Waals surface area contributed by atoms with Gasteiger partial charge in [0, 0.05) is 0 Å². The second-order valence-electron chi connectivity index (χ2n) is 4.48. The first-order chi connectivity index (χ1) is 8.75. The van der Waals surface area contributed by atoms with E-state index < -0.39 is 0 Å². The van der Waals surface area contributed by atoms with E-state index in [9.17, 15) is 0 Å². The van der Waals surface area contributed by atoms with Crippen molar-refractivity contribution in [3.05, 3.63) is 59.0 Å². The third kappa shape index (κ3) is 3.90. The van der Waals surface area contributed by atoms with Crippen LogP contribution in [0.5, 0.6) is 0 Å². The molecule has 0 saturated heterocycles. The van der Waals surface area contributed by atoms with E-state index in [0.717, 1.165) is 25.3 Å². The van der Waals surface area contributed by atoms with E-state index in [0.29, 0.717) is 11.1 Å². The average molecular weight is 264 g/mol. The van der Waals surface area contributed by atoms with Crippen LogP contribution in [-0.2, 0) is 6.54 Å². The summed E-state index contributed by atoms with van der Waals surface area (Å²) in [5, 5.41) is 3.81. The van der Waals surface area contributed by atoms with Crippen molar-refractivity contribution in [1.82, 2.24) is 5.32 Å². The Kier molecular flexibility index (Phi) is 4.85. The maximum Gasteiger partial charge on any atom is 0.193 e. The molecule has 1 aromatic carbocycles. The molecule has 0 radical (unpaired) electrons. The van der Waals surface area contributed by atoms with Gasteiger partial charge in [-0.15, -0.1) is 0 Å². The van der Waals surface area contributed by atoms with Gasteiger partial charge in [-0.05, 0) is 48.2 Å². The predicted octanol–water partition coefficient (Wildman–Crippen LogP) is 4.22. The summed E-state index contributed by atoms with van der Waals surface area (Å²) in [6, 6.07) is 14.2. The van der Waals surface area contributed by atoms with Crippen LogP contribution in [0.15, 0.2) is 46.9 Å². The van der Waals surface area contributed by atoms with Crippen molar-refractivity contribution in [2.24, 2.45) is 0 Å². The smallest absolute Gasteiger partial charge is 0.193 e. The molecule has 0 aliphatic heterocycles. The summed E-state index contributed by atoms with van der Waals surface area (Å²) >= 11 is 5.71. The van der Waals surface area contributed by atoms with Crippen LogP contribution in [0.2, 0.25) is 5.22 Å². The minimum absolute atomic E-state index is 0.449. The molecule has 1 atom stereocenters. The third-order valence-corrected chi connectivity index (χ3v) is 3.25. The summed E-state index contributed by atoms with van der Waals surface area (Å²) < 4.78 is 5.28. The Balaban J connectivity index is 1.69. The van der Waals surface area contributed by atoms with Crippen LogP contribution in [-0.4, -0.2) is 6.54 Å². The van der Waals surface area contributed by atoms with E-state index in [4.69, 9.17) is 16.0 Å². The van der Waals surface area contributed by atoms with Gasteiger partial charge in [0.25, 0.3) is 0 Å². The lowest BCUT2D eigenvalue weighted by atomic mass is 9.98. The molecule has 0 amide bonds. The Morgan fingerprint density at radius 1 is 1.17 bits per heavy atom. The third-order valence-electron chi connectivity index (χ3n) is 3.05. The Morgan fingerprint density at radius 2 is 1.94 bits per heavy atom. The first-order valence-corrected chi connectivity index (χ1v) is 6.63. The monoisotopic (exact) mass is 263 g/mol. The number of furan rings is 1. The van der Waals surface area contributed by atoms with Gasteiger partial charge in [-0.1, -0.05) is 37.3 Å². The Bertz CT molecular complexity index is 466. The van der Waals surface area contributed by atoms with Crippen molar-refractivity contribution >= 4 is 11.6 Å². The second-order valence-corrected chi connectivity index (χ2v) is 4.86. The lowest BCUT2D eigenvalue weighted by Crippen LogP contribution is -2.16. The fourth-order valence-corrected chi connectivity index (χ4v) is 2.09. The number of hydrogen-bond acceptors (Lipinski definition) is 2. The molecule has 0 aliphatic rings. The molecule has 2 nitrogen and oxygen atoms in total. The zero-order chi connectivity index (χ0) is 12.8. The molecule has 96 valence electrons. The number of benzene rings is 1. The van der Waals surface area contributed by atoms with Gasteiger partial charge < -0.3 is 9.73 Å². The number of halogens is 1.